The van der Waals surface area contributed by atoms with Crippen molar-refractivity contribution < 1.29 is 0 Å². The number of H-pyrrole nitrogens is 1. The number of hydrogen-bond donors (Lipinski definition) is 1. The Morgan fingerprint density at radius 1 is 1.05 bits per heavy atom. The van der Waals surface area contributed by atoms with Gasteiger partial charge in [-0.2, -0.15) is 0 Å². The van der Waals surface area contributed by atoms with Crippen LogP contribution in [0.4, 0.5) is 0 Å². The number of aromatic nitrogens is 2. The van der Waals surface area contributed by atoms with E-state index in [1.54, 1.807) is 4.57 Å². The van der Waals surface area contributed by atoms with Gasteiger partial charge in [-0.3, -0.25) is 14.2 Å². The van der Waals surface area contributed by atoms with Crippen LogP contribution in [0.25, 0.3) is 21.8 Å². The molecule has 0 atom stereocenters. The summed E-state index contributed by atoms with van der Waals surface area (Å²) in [5.74, 6) is 0. The molecule has 2 aromatic carbocycles. The average molecular weight is 252 g/mol. The Hall–Kier alpha value is -2.36. The molecule has 0 amide bonds. The van der Waals surface area contributed by atoms with E-state index >= 15 is 0 Å². The molecular weight excluding hydrogens is 240 g/mol. The van der Waals surface area contributed by atoms with E-state index in [9.17, 15) is 9.59 Å². The first-order valence-corrected chi connectivity index (χ1v) is 6.42. The highest BCUT2D eigenvalue weighted by Gasteiger charge is 2.27. The van der Waals surface area contributed by atoms with Gasteiger partial charge in [-0.1, -0.05) is 30.3 Å². The number of hydrogen-bond acceptors (Lipinski definition) is 2. The lowest BCUT2D eigenvalue weighted by Crippen LogP contribution is -2.36. The molecule has 1 saturated carbocycles. The molecule has 4 rings (SSSR count). The van der Waals surface area contributed by atoms with E-state index in [0.717, 1.165) is 34.6 Å². The van der Waals surface area contributed by atoms with Gasteiger partial charge in [0.25, 0.3) is 0 Å². The molecule has 0 saturated heterocycles. The lowest BCUT2D eigenvalue weighted by Gasteiger charge is -2.10. The van der Waals surface area contributed by atoms with Crippen LogP contribution in [0.2, 0.25) is 0 Å². The molecule has 0 spiro atoms. The summed E-state index contributed by atoms with van der Waals surface area (Å²) in [6.45, 7) is 0. The second-order valence-corrected chi connectivity index (χ2v) is 5.04. The molecule has 1 N–H and O–H groups in total. The van der Waals surface area contributed by atoms with E-state index in [1.165, 1.54) is 0 Å². The van der Waals surface area contributed by atoms with Gasteiger partial charge in [0.2, 0.25) is 0 Å². The summed E-state index contributed by atoms with van der Waals surface area (Å²) in [6, 6.07) is 12.0. The van der Waals surface area contributed by atoms with E-state index in [1.807, 2.05) is 36.4 Å². The van der Waals surface area contributed by atoms with E-state index in [-0.39, 0.29) is 6.04 Å². The summed E-state index contributed by atoms with van der Waals surface area (Å²) in [7, 11) is 0. The maximum atomic E-state index is 12.0. The zero-order valence-corrected chi connectivity index (χ0v) is 10.2. The first-order chi connectivity index (χ1) is 9.25. The molecular formula is C15H12N2O2. The molecule has 19 heavy (non-hydrogen) atoms. The third-order valence-corrected chi connectivity index (χ3v) is 3.73. The van der Waals surface area contributed by atoms with Crippen LogP contribution in [0, 0.1) is 0 Å². The SMILES string of the molecule is O=c1[nH]c2c3ccccc3ccc2n(C2CC2)c1=O. The van der Waals surface area contributed by atoms with Crippen LogP contribution in [0.3, 0.4) is 0 Å². The van der Waals surface area contributed by atoms with Crippen LogP contribution in [0.15, 0.2) is 46.0 Å². The van der Waals surface area contributed by atoms with Crippen molar-refractivity contribution in [2.45, 2.75) is 18.9 Å². The van der Waals surface area contributed by atoms with E-state index in [4.69, 9.17) is 0 Å². The molecule has 1 aliphatic rings. The molecule has 4 heteroatoms. The molecule has 0 bridgehead atoms. The van der Waals surface area contributed by atoms with Gasteiger partial charge in [-0.15, -0.1) is 0 Å². The lowest BCUT2D eigenvalue weighted by atomic mass is 10.1. The Morgan fingerprint density at radius 2 is 1.84 bits per heavy atom. The maximum absolute atomic E-state index is 12.0. The standard InChI is InChI=1S/C15H12N2O2/c18-14-15(19)17(10-6-7-10)12-8-5-9-3-1-2-4-11(9)13(12)16-14/h1-5,8,10H,6-7H2,(H,16,18). The smallest absolute Gasteiger partial charge is 0.315 e. The van der Waals surface area contributed by atoms with Crippen LogP contribution in [-0.2, 0) is 0 Å². The molecule has 3 aromatic rings. The predicted molar refractivity (Wildman–Crippen MR) is 74.6 cm³/mol. The summed E-state index contributed by atoms with van der Waals surface area (Å²) >= 11 is 0. The fraction of sp³-hybridized carbons (Fsp3) is 0.200. The average Bonchev–Trinajstić information content (AvgIpc) is 3.25. The van der Waals surface area contributed by atoms with Gasteiger partial charge in [-0.05, 0) is 24.3 Å². The Bertz CT molecular complexity index is 917. The van der Waals surface area contributed by atoms with Gasteiger partial charge in [0, 0.05) is 11.4 Å². The summed E-state index contributed by atoms with van der Waals surface area (Å²) in [6.07, 6.45) is 1.95. The van der Waals surface area contributed by atoms with Gasteiger partial charge in [0.05, 0.1) is 11.0 Å². The van der Waals surface area contributed by atoms with Gasteiger partial charge >= 0.3 is 11.1 Å². The number of rotatable bonds is 1. The predicted octanol–water partition coefficient (Wildman–Crippen LogP) is 2.18. The van der Waals surface area contributed by atoms with Crippen LogP contribution >= 0.6 is 0 Å². The third kappa shape index (κ3) is 1.46. The van der Waals surface area contributed by atoms with Crippen molar-refractivity contribution in [1.82, 2.24) is 9.55 Å². The van der Waals surface area contributed by atoms with E-state index < -0.39 is 11.1 Å². The molecule has 4 nitrogen and oxygen atoms in total. The van der Waals surface area contributed by atoms with Crippen molar-refractivity contribution in [3.05, 3.63) is 57.1 Å². The molecule has 94 valence electrons. The minimum absolute atomic E-state index is 0.193. The minimum atomic E-state index is -0.532. The first kappa shape index (κ1) is 10.6. The highest BCUT2D eigenvalue weighted by Crippen LogP contribution is 2.36. The zero-order valence-electron chi connectivity index (χ0n) is 10.2. The topological polar surface area (TPSA) is 54.9 Å². The summed E-state index contributed by atoms with van der Waals surface area (Å²) in [5, 5.41) is 2.04. The normalized spacial score (nSPS) is 15.2. The van der Waals surface area contributed by atoms with Crippen molar-refractivity contribution in [3.63, 3.8) is 0 Å². The van der Waals surface area contributed by atoms with Crippen LogP contribution < -0.4 is 11.1 Å². The van der Waals surface area contributed by atoms with Gasteiger partial charge in [0.1, 0.15) is 0 Å². The molecule has 0 radical (unpaired) electrons. The Labute approximate surface area is 108 Å². The second kappa shape index (κ2) is 3.57. The van der Waals surface area contributed by atoms with E-state index in [2.05, 4.69) is 4.98 Å². The maximum Gasteiger partial charge on any atom is 0.316 e. The Morgan fingerprint density at radius 3 is 2.63 bits per heavy atom. The lowest BCUT2D eigenvalue weighted by molar-refractivity contribution is 0.725. The van der Waals surface area contributed by atoms with Crippen molar-refractivity contribution in [3.8, 4) is 0 Å². The Kier molecular flexibility index (Phi) is 1.98. The first-order valence-electron chi connectivity index (χ1n) is 6.42. The van der Waals surface area contributed by atoms with Crippen molar-refractivity contribution in [1.29, 1.82) is 0 Å². The quantitative estimate of drug-likeness (QED) is 0.533. The summed E-state index contributed by atoms with van der Waals surface area (Å²) < 4.78 is 1.65. The van der Waals surface area contributed by atoms with Crippen molar-refractivity contribution in [2.75, 3.05) is 0 Å². The minimum Gasteiger partial charge on any atom is -0.315 e. The monoisotopic (exact) mass is 252 g/mol. The largest absolute Gasteiger partial charge is 0.316 e. The summed E-state index contributed by atoms with van der Waals surface area (Å²) in [4.78, 5) is 26.6. The Balaban J connectivity index is 2.27. The fourth-order valence-electron chi connectivity index (χ4n) is 2.67. The fourth-order valence-corrected chi connectivity index (χ4v) is 2.67. The molecule has 1 heterocycles. The highest BCUT2D eigenvalue weighted by atomic mass is 16.2. The zero-order chi connectivity index (χ0) is 13.0. The number of aromatic amines is 1. The van der Waals surface area contributed by atoms with E-state index in [0.29, 0.717) is 0 Å². The van der Waals surface area contributed by atoms with Crippen LogP contribution in [0.5, 0.6) is 0 Å². The number of nitrogens with zero attached hydrogens (tertiary/aromatic N) is 1. The van der Waals surface area contributed by atoms with Crippen LogP contribution in [-0.4, -0.2) is 9.55 Å². The van der Waals surface area contributed by atoms with Gasteiger partial charge in [-0.25, -0.2) is 0 Å². The van der Waals surface area contributed by atoms with Gasteiger partial charge in [0.15, 0.2) is 0 Å². The molecule has 1 aromatic heterocycles. The third-order valence-electron chi connectivity index (χ3n) is 3.73. The summed E-state index contributed by atoms with van der Waals surface area (Å²) in [5.41, 5.74) is 0.612. The van der Waals surface area contributed by atoms with Crippen molar-refractivity contribution in [2.24, 2.45) is 0 Å². The number of nitrogens with one attached hydrogen (secondary N) is 1. The highest BCUT2D eigenvalue weighted by molar-refractivity contribution is 6.03. The van der Waals surface area contributed by atoms with Crippen LogP contribution in [0.1, 0.15) is 18.9 Å². The molecule has 1 aliphatic carbocycles. The second-order valence-electron chi connectivity index (χ2n) is 5.04. The molecule has 1 fully saturated rings. The number of fused-ring (bicyclic) bond motifs is 3. The molecule has 0 aliphatic heterocycles. The number of benzene rings is 2. The van der Waals surface area contributed by atoms with Crippen molar-refractivity contribution >= 4 is 21.8 Å². The van der Waals surface area contributed by atoms with Gasteiger partial charge < -0.3 is 4.98 Å². The molecule has 0 unspecified atom stereocenters.